The van der Waals surface area contributed by atoms with Crippen LogP contribution in [0.4, 0.5) is 11.5 Å². The van der Waals surface area contributed by atoms with E-state index in [9.17, 15) is 0 Å². The van der Waals surface area contributed by atoms with Crippen molar-refractivity contribution in [2.45, 2.75) is 33.1 Å². The van der Waals surface area contributed by atoms with Crippen LogP contribution < -0.4 is 11.1 Å². The third kappa shape index (κ3) is 2.86. The number of aromatic nitrogens is 4. The number of hydrogen-bond donors (Lipinski definition) is 2. The van der Waals surface area contributed by atoms with Crippen LogP contribution in [0.1, 0.15) is 37.2 Å². The van der Waals surface area contributed by atoms with E-state index in [0.717, 1.165) is 11.5 Å². The second-order valence-electron chi connectivity index (χ2n) is 4.83. The minimum absolute atomic E-state index is 0.307. The van der Waals surface area contributed by atoms with E-state index < -0.39 is 0 Å². The predicted octanol–water partition coefficient (Wildman–Crippen LogP) is 1.47. The summed E-state index contributed by atoms with van der Waals surface area (Å²) in [6, 6.07) is 0. The van der Waals surface area contributed by atoms with Gasteiger partial charge in [0.15, 0.2) is 5.82 Å². The van der Waals surface area contributed by atoms with Crippen LogP contribution >= 0.6 is 0 Å². The van der Waals surface area contributed by atoms with Crippen molar-refractivity contribution < 1.29 is 4.52 Å². The highest BCUT2D eigenvalue weighted by Gasteiger charge is 2.15. The summed E-state index contributed by atoms with van der Waals surface area (Å²) in [7, 11) is 1.88. The first-order valence-corrected chi connectivity index (χ1v) is 6.34. The van der Waals surface area contributed by atoms with E-state index in [2.05, 4.69) is 34.4 Å². The fraction of sp³-hybridized carbons (Fsp3) is 0.583. The maximum Gasteiger partial charge on any atom is 0.223 e. The van der Waals surface area contributed by atoms with Gasteiger partial charge in [-0.3, -0.25) is 4.68 Å². The summed E-state index contributed by atoms with van der Waals surface area (Å²) in [5, 5.41) is 11.5. The van der Waals surface area contributed by atoms with E-state index in [0.29, 0.717) is 36.3 Å². The minimum Gasteiger partial charge on any atom is -0.394 e. The molecule has 0 saturated carbocycles. The van der Waals surface area contributed by atoms with E-state index in [1.54, 1.807) is 11.6 Å². The van der Waals surface area contributed by atoms with Gasteiger partial charge in [-0.15, -0.1) is 0 Å². The SMILES string of the molecule is Cc1nc(CCNc2c(N)c(C(C)C)nn2C)no1. The van der Waals surface area contributed by atoms with Crippen LogP contribution in [0, 0.1) is 6.92 Å². The molecular formula is C12H20N6O. The Morgan fingerprint density at radius 3 is 2.68 bits per heavy atom. The maximum absolute atomic E-state index is 6.09. The van der Waals surface area contributed by atoms with Gasteiger partial charge in [0, 0.05) is 26.9 Å². The first-order chi connectivity index (χ1) is 8.99. The molecular weight excluding hydrogens is 244 g/mol. The van der Waals surface area contributed by atoms with Crippen molar-refractivity contribution in [3.8, 4) is 0 Å². The molecule has 104 valence electrons. The molecule has 0 spiro atoms. The molecule has 0 aliphatic rings. The summed E-state index contributed by atoms with van der Waals surface area (Å²) < 4.78 is 6.69. The van der Waals surface area contributed by atoms with Gasteiger partial charge in [0.2, 0.25) is 5.89 Å². The first-order valence-electron chi connectivity index (χ1n) is 6.34. The van der Waals surface area contributed by atoms with Crippen LogP contribution in [-0.4, -0.2) is 26.5 Å². The first kappa shape index (κ1) is 13.4. The van der Waals surface area contributed by atoms with E-state index in [1.165, 1.54) is 0 Å². The van der Waals surface area contributed by atoms with Crippen LogP contribution in [-0.2, 0) is 13.5 Å². The average Bonchev–Trinajstić information content (AvgIpc) is 2.87. The van der Waals surface area contributed by atoms with Gasteiger partial charge in [-0.2, -0.15) is 10.1 Å². The molecule has 0 aliphatic carbocycles. The number of anilines is 2. The summed E-state index contributed by atoms with van der Waals surface area (Å²) in [6.07, 6.45) is 0.680. The highest BCUT2D eigenvalue weighted by atomic mass is 16.5. The smallest absolute Gasteiger partial charge is 0.223 e. The minimum atomic E-state index is 0.307. The van der Waals surface area contributed by atoms with Crippen LogP contribution in [0.2, 0.25) is 0 Å². The topological polar surface area (TPSA) is 94.8 Å². The lowest BCUT2D eigenvalue weighted by Gasteiger charge is -2.06. The predicted molar refractivity (Wildman–Crippen MR) is 72.9 cm³/mol. The second kappa shape index (κ2) is 5.29. The monoisotopic (exact) mass is 264 g/mol. The molecule has 0 atom stereocenters. The fourth-order valence-corrected chi connectivity index (χ4v) is 1.93. The van der Waals surface area contributed by atoms with E-state index in [1.807, 2.05) is 7.05 Å². The molecule has 0 radical (unpaired) electrons. The fourth-order valence-electron chi connectivity index (χ4n) is 1.93. The Morgan fingerprint density at radius 1 is 1.42 bits per heavy atom. The van der Waals surface area contributed by atoms with Crippen LogP contribution in [0.3, 0.4) is 0 Å². The van der Waals surface area contributed by atoms with Crippen molar-refractivity contribution in [2.24, 2.45) is 7.05 Å². The van der Waals surface area contributed by atoms with Crippen molar-refractivity contribution in [1.29, 1.82) is 0 Å². The van der Waals surface area contributed by atoms with Crippen molar-refractivity contribution in [3.05, 3.63) is 17.4 Å². The highest BCUT2D eigenvalue weighted by molar-refractivity contribution is 5.65. The van der Waals surface area contributed by atoms with Gasteiger partial charge < -0.3 is 15.6 Å². The Kier molecular flexibility index (Phi) is 3.73. The molecule has 0 amide bonds. The molecule has 2 heterocycles. The third-order valence-corrected chi connectivity index (χ3v) is 2.87. The number of aryl methyl sites for hydroxylation is 2. The molecule has 19 heavy (non-hydrogen) atoms. The van der Waals surface area contributed by atoms with Crippen molar-refractivity contribution in [2.75, 3.05) is 17.6 Å². The molecule has 2 aromatic rings. The zero-order valence-corrected chi connectivity index (χ0v) is 11.8. The van der Waals surface area contributed by atoms with Crippen LogP contribution in [0.25, 0.3) is 0 Å². The number of nitrogen functional groups attached to an aromatic ring is 1. The molecule has 7 nitrogen and oxygen atoms in total. The Bertz CT molecular complexity index is 557. The maximum atomic E-state index is 6.09. The third-order valence-electron chi connectivity index (χ3n) is 2.87. The lowest BCUT2D eigenvalue weighted by molar-refractivity contribution is 0.387. The molecule has 0 bridgehead atoms. The Morgan fingerprint density at radius 2 is 2.16 bits per heavy atom. The molecule has 0 saturated heterocycles. The van der Waals surface area contributed by atoms with Crippen molar-refractivity contribution in [1.82, 2.24) is 19.9 Å². The molecule has 2 aromatic heterocycles. The van der Waals surface area contributed by atoms with E-state index in [-0.39, 0.29) is 0 Å². The number of nitrogens with one attached hydrogen (secondary N) is 1. The average molecular weight is 264 g/mol. The number of nitrogens with two attached hydrogens (primary N) is 1. The lowest BCUT2D eigenvalue weighted by Crippen LogP contribution is -2.10. The number of nitrogens with zero attached hydrogens (tertiary/aromatic N) is 4. The zero-order chi connectivity index (χ0) is 14.0. The quantitative estimate of drug-likeness (QED) is 0.849. The molecule has 2 rings (SSSR count). The Labute approximate surface area is 112 Å². The Balaban J connectivity index is 2.00. The van der Waals surface area contributed by atoms with Crippen molar-refractivity contribution >= 4 is 11.5 Å². The number of rotatable bonds is 5. The molecule has 0 fully saturated rings. The zero-order valence-electron chi connectivity index (χ0n) is 11.8. The van der Waals surface area contributed by atoms with Gasteiger partial charge in [0.1, 0.15) is 5.82 Å². The largest absolute Gasteiger partial charge is 0.394 e. The van der Waals surface area contributed by atoms with Crippen molar-refractivity contribution in [3.63, 3.8) is 0 Å². The highest BCUT2D eigenvalue weighted by Crippen LogP contribution is 2.27. The second-order valence-corrected chi connectivity index (χ2v) is 4.83. The van der Waals surface area contributed by atoms with Crippen LogP contribution in [0.5, 0.6) is 0 Å². The van der Waals surface area contributed by atoms with Gasteiger partial charge in [-0.1, -0.05) is 19.0 Å². The summed E-state index contributed by atoms with van der Waals surface area (Å²) in [5.74, 6) is 2.41. The van der Waals surface area contributed by atoms with Gasteiger partial charge in [0.25, 0.3) is 0 Å². The van der Waals surface area contributed by atoms with Gasteiger partial charge in [-0.05, 0) is 5.92 Å². The van der Waals surface area contributed by atoms with E-state index >= 15 is 0 Å². The lowest BCUT2D eigenvalue weighted by atomic mass is 10.1. The molecule has 7 heteroatoms. The molecule has 0 unspecified atom stereocenters. The van der Waals surface area contributed by atoms with Crippen LogP contribution in [0.15, 0.2) is 4.52 Å². The van der Waals surface area contributed by atoms with E-state index in [4.69, 9.17) is 10.3 Å². The summed E-state index contributed by atoms with van der Waals surface area (Å²) in [4.78, 5) is 4.15. The Hall–Kier alpha value is -2.05. The summed E-state index contributed by atoms with van der Waals surface area (Å²) >= 11 is 0. The molecule has 3 N–H and O–H groups in total. The van der Waals surface area contributed by atoms with Gasteiger partial charge in [-0.25, -0.2) is 0 Å². The van der Waals surface area contributed by atoms with Gasteiger partial charge in [0.05, 0.1) is 11.4 Å². The summed E-state index contributed by atoms with van der Waals surface area (Å²) in [6.45, 7) is 6.60. The normalized spacial score (nSPS) is 11.2. The molecule has 0 aliphatic heterocycles. The standard InChI is InChI=1S/C12H20N6O/c1-7(2)11-10(13)12(18(4)16-11)14-6-5-9-15-8(3)19-17-9/h7,14H,5-6,13H2,1-4H3. The number of hydrogen-bond acceptors (Lipinski definition) is 6. The summed E-state index contributed by atoms with van der Waals surface area (Å²) in [5.41, 5.74) is 7.72. The van der Waals surface area contributed by atoms with Gasteiger partial charge >= 0.3 is 0 Å². The molecule has 0 aromatic carbocycles.